The van der Waals surface area contributed by atoms with Gasteiger partial charge in [0.1, 0.15) is 5.83 Å². The third kappa shape index (κ3) is 2.10. The van der Waals surface area contributed by atoms with Crippen molar-refractivity contribution in [2.45, 2.75) is 12.8 Å². The second-order valence-electron chi connectivity index (χ2n) is 3.17. The van der Waals surface area contributed by atoms with E-state index < -0.39 is 0 Å². The average molecular weight is 254 g/mol. The number of allylic oxidation sites excluding steroid dienone is 4. The van der Waals surface area contributed by atoms with E-state index in [4.69, 9.17) is 0 Å². The molecule has 0 atom stereocenters. The van der Waals surface area contributed by atoms with E-state index >= 15 is 0 Å². The standard InChI is InChI=1S/C11H9BrFN/c12-9-3-6-11(14-7-9)8-1-4-10(13)5-2-8/h1,3-4,6-7H,2,5H2. The van der Waals surface area contributed by atoms with E-state index in [1.807, 2.05) is 12.1 Å². The van der Waals surface area contributed by atoms with Crippen LogP contribution >= 0.6 is 15.9 Å². The molecular weight excluding hydrogens is 245 g/mol. The summed E-state index contributed by atoms with van der Waals surface area (Å²) >= 11 is 3.33. The quantitative estimate of drug-likeness (QED) is 0.741. The molecule has 0 aromatic carbocycles. The average Bonchev–Trinajstić information content (AvgIpc) is 2.21. The smallest absolute Gasteiger partial charge is 0.100 e. The molecule has 0 bridgehead atoms. The van der Waals surface area contributed by atoms with Gasteiger partial charge in [0.2, 0.25) is 0 Å². The summed E-state index contributed by atoms with van der Waals surface area (Å²) in [6.07, 6.45) is 6.29. The minimum atomic E-state index is -0.0501. The van der Waals surface area contributed by atoms with E-state index in [9.17, 15) is 4.39 Å². The molecule has 0 spiro atoms. The molecular formula is C11H9BrFN. The number of halogens is 2. The van der Waals surface area contributed by atoms with Crippen LogP contribution in [-0.4, -0.2) is 4.98 Å². The van der Waals surface area contributed by atoms with Crippen molar-refractivity contribution in [3.8, 4) is 0 Å². The van der Waals surface area contributed by atoms with Gasteiger partial charge in [-0.1, -0.05) is 6.08 Å². The van der Waals surface area contributed by atoms with Gasteiger partial charge in [-0.3, -0.25) is 4.98 Å². The van der Waals surface area contributed by atoms with Crippen LogP contribution in [0.25, 0.3) is 5.57 Å². The highest BCUT2D eigenvalue weighted by Gasteiger charge is 2.08. The molecule has 3 heteroatoms. The van der Waals surface area contributed by atoms with Crippen LogP contribution in [-0.2, 0) is 0 Å². The van der Waals surface area contributed by atoms with Gasteiger partial charge >= 0.3 is 0 Å². The van der Waals surface area contributed by atoms with E-state index in [0.29, 0.717) is 6.42 Å². The molecule has 0 aliphatic heterocycles. The SMILES string of the molecule is FC1=CC=C(c2ccc(Br)cn2)CC1. The molecule has 72 valence electrons. The van der Waals surface area contributed by atoms with Crippen molar-refractivity contribution in [2.75, 3.05) is 0 Å². The van der Waals surface area contributed by atoms with Crippen molar-refractivity contribution in [3.63, 3.8) is 0 Å². The van der Waals surface area contributed by atoms with Crippen molar-refractivity contribution < 1.29 is 4.39 Å². The Hall–Kier alpha value is -0.960. The van der Waals surface area contributed by atoms with Crippen LogP contribution < -0.4 is 0 Å². The number of hydrogen-bond acceptors (Lipinski definition) is 1. The van der Waals surface area contributed by atoms with Crippen LogP contribution in [0, 0.1) is 0 Å². The lowest BCUT2D eigenvalue weighted by Crippen LogP contribution is -1.93. The maximum Gasteiger partial charge on any atom is 0.100 e. The van der Waals surface area contributed by atoms with Gasteiger partial charge in [-0.2, -0.15) is 0 Å². The minimum absolute atomic E-state index is 0.0501. The summed E-state index contributed by atoms with van der Waals surface area (Å²) < 4.78 is 13.7. The molecule has 0 fully saturated rings. The van der Waals surface area contributed by atoms with Crippen molar-refractivity contribution in [3.05, 3.63) is 46.5 Å². The summed E-state index contributed by atoms with van der Waals surface area (Å²) in [7, 11) is 0. The van der Waals surface area contributed by atoms with Crippen LogP contribution in [0.2, 0.25) is 0 Å². The Kier molecular flexibility index (Phi) is 2.77. The lowest BCUT2D eigenvalue weighted by Gasteiger charge is -2.09. The Bertz CT molecular complexity index is 392. The zero-order valence-electron chi connectivity index (χ0n) is 7.50. The molecule has 1 aromatic rings. The van der Waals surface area contributed by atoms with Crippen LogP contribution in [0.1, 0.15) is 18.5 Å². The maximum atomic E-state index is 12.7. The molecule has 0 unspecified atom stereocenters. The molecule has 0 N–H and O–H groups in total. The van der Waals surface area contributed by atoms with Crippen molar-refractivity contribution in [2.24, 2.45) is 0 Å². The summed E-state index contributed by atoms with van der Waals surface area (Å²) in [6, 6.07) is 3.88. The molecule has 2 rings (SSSR count). The number of nitrogens with zero attached hydrogens (tertiary/aromatic N) is 1. The summed E-state index contributed by atoms with van der Waals surface area (Å²) in [5, 5.41) is 0. The fraction of sp³-hybridized carbons (Fsp3) is 0.182. The van der Waals surface area contributed by atoms with Gasteiger partial charge in [0, 0.05) is 17.1 Å². The highest BCUT2D eigenvalue weighted by atomic mass is 79.9. The molecule has 0 saturated carbocycles. The van der Waals surface area contributed by atoms with E-state index in [-0.39, 0.29) is 5.83 Å². The third-order valence-electron chi connectivity index (χ3n) is 2.15. The normalized spacial score (nSPS) is 16.1. The van der Waals surface area contributed by atoms with Gasteiger partial charge in [0.15, 0.2) is 0 Å². The molecule has 1 nitrogen and oxygen atoms in total. The molecule has 1 aromatic heterocycles. The number of aromatic nitrogens is 1. The van der Waals surface area contributed by atoms with Gasteiger partial charge in [-0.05, 0) is 46.1 Å². The molecule has 1 aliphatic rings. The minimum Gasteiger partial charge on any atom is -0.255 e. The summed E-state index contributed by atoms with van der Waals surface area (Å²) in [6.45, 7) is 0. The highest BCUT2D eigenvalue weighted by Crippen LogP contribution is 2.26. The number of hydrogen-bond donors (Lipinski definition) is 0. The predicted molar refractivity (Wildman–Crippen MR) is 58.3 cm³/mol. The summed E-state index contributed by atoms with van der Waals surface area (Å²) in [5.41, 5.74) is 2.02. The van der Waals surface area contributed by atoms with Crippen molar-refractivity contribution in [1.82, 2.24) is 4.98 Å². The first-order valence-electron chi connectivity index (χ1n) is 4.43. The molecule has 1 aliphatic carbocycles. The second-order valence-corrected chi connectivity index (χ2v) is 4.08. The lowest BCUT2D eigenvalue weighted by atomic mass is 10.0. The third-order valence-corrected chi connectivity index (χ3v) is 2.62. The Morgan fingerprint density at radius 2 is 2.07 bits per heavy atom. The maximum absolute atomic E-state index is 12.7. The van der Waals surface area contributed by atoms with Gasteiger partial charge in [-0.15, -0.1) is 0 Å². The highest BCUT2D eigenvalue weighted by molar-refractivity contribution is 9.10. The van der Waals surface area contributed by atoms with E-state index in [2.05, 4.69) is 20.9 Å². The van der Waals surface area contributed by atoms with Crippen LogP contribution in [0.5, 0.6) is 0 Å². The second kappa shape index (κ2) is 4.05. The topological polar surface area (TPSA) is 12.9 Å². The fourth-order valence-corrected chi connectivity index (χ4v) is 1.63. The predicted octanol–water partition coefficient (Wildman–Crippen LogP) is 3.87. The van der Waals surface area contributed by atoms with Gasteiger partial charge in [-0.25, -0.2) is 4.39 Å². The van der Waals surface area contributed by atoms with Crippen molar-refractivity contribution in [1.29, 1.82) is 0 Å². The zero-order chi connectivity index (χ0) is 9.97. The lowest BCUT2D eigenvalue weighted by molar-refractivity contribution is 0.590. The molecule has 0 radical (unpaired) electrons. The molecule has 0 amide bonds. The largest absolute Gasteiger partial charge is 0.255 e. The van der Waals surface area contributed by atoms with Crippen molar-refractivity contribution >= 4 is 21.5 Å². The van der Waals surface area contributed by atoms with E-state index in [1.54, 1.807) is 12.3 Å². The van der Waals surface area contributed by atoms with Crippen LogP contribution in [0.15, 0.2) is 40.8 Å². The Balaban J connectivity index is 2.28. The summed E-state index contributed by atoms with van der Waals surface area (Å²) in [5.74, 6) is -0.0501. The first kappa shape index (κ1) is 9.59. The van der Waals surface area contributed by atoms with Gasteiger partial charge in [0.05, 0.1) is 5.69 Å². The number of rotatable bonds is 1. The Labute approximate surface area is 90.5 Å². The van der Waals surface area contributed by atoms with E-state index in [1.165, 1.54) is 6.08 Å². The zero-order valence-corrected chi connectivity index (χ0v) is 9.09. The molecule has 1 heterocycles. The van der Waals surface area contributed by atoms with Crippen LogP contribution in [0.3, 0.4) is 0 Å². The Morgan fingerprint density at radius 3 is 2.64 bits per heavy atom. The Morgan fingerprint density at radius 1 is 1.21 bits per heavy atom. The molecule has 14 heavy (non-hydrogen) atoms. The first-order valence-corrected chi connectivity index (χ1v) is 5.22. The van der Waals surface area contributed by atoms with E-state index in [0.717, 1.165) is 22.2 Å². The monoisotopic (exact) mass is 253 g/mol. The first-order chi connectivity index (χ1) is 6.75. The fourth-order valence-electron chi connectivity index (χ4n) is 1.39. The summed E-state index contributed by atoms with van der Waals surface area (Å²) in [4.78, 5) is 4.26. The van der Waals surface area contributed by atoms with Crippen LogP contribution in [0.4, 0.5) is 4.39 Å². The van der Waals surface area contributed by atoms with Gasteiger partial charge in [0.25, 0.3) is 0 Å². The number of pyridine rings is 1. The molecule has 0 saturated heterocycles. The van der Waals surface area contributed by atoms with Gasteiger partial charge < -0.3 is 0 Å².